The van der Waals surface area contributed by atoms with Crippen molar-refractivity contribution in [2.45, 2.75) is 6.54 Å². The molecule has 0 aliphatic rings. The number of hydrogen-bond acceptors (Lipinski definition) is 4. The van der Waals surface area contributed by atoms with Crippen LogP contribution in [0.25, 0.3) is 0 Å². The molecule has 18 heavy (non-hydrogen) atoms. The molecular formula is C14H21NO3. The Morgan fingerprint density at radius 2 is 2.11 bits per heavy atom. The fourth-order valence-corrected chi connectivity index (χ4v) is 1.50. The second-order valence-corrected chi connectivity index (χ2v) is 3.75. The van der Waals surface area contributed by atoms with Crippen molar-refractivity contribution in [1.29, 1.82) is 0 Å². The molecule has 1 N–H and O–H groups in total. The summed E-state index contributed by atoms with van der Waals surface area (Å²) in [7, 11) is 3.33. The topological polar surface area (TPSA) is 39.7 Å². The molecule has 0 radical (unpaired) electrons. The Balaban J connectivity index is 2.57. The lowest BCUT2D eigenvalue weighted by molar-refractivity contribution is 0.199. The molecule has 0 fully saturated rings. The monoisotopic (exact) mass is 251 g/mol. The maximum absolute atomic E-state index is 5.49. The van der Waals surface area contributed by atoms with E-state index in [1.807, 2.05) is 18.2 Å². The molecule has 100 valence electrons. The third-order valence-electron chi connectivity index (χ3n) is 2.40. The normalized spacial score (nSPS) is 10.1. The van der Waals surface area contributed by atoms with Crippen molar-refractivity contribution in [2.24, 2.45) is 0 Å². The number of hydrogen-bond donors (Lipinski definition) is 1. The van der Waals surface area contributed by atoms with E-state index in [0.717, 1.165) is 30.2 Å². The van der Waals surface area contributed by atoms with E-state index in [1.165, 1.54) is 0 Å². The Morgan fingerprint density at radius 1 is 1.28 bits per heavy atom. The highest BCUT2D eigenvalue weighted by Gasteiger charge is 2.04. The van der Waals surface area contributed by atoms with Crippen LogP contribution in [0.5, 0.6) is 11.5 Å². The number of rotatable bonds is 9. The Morgan fingerprint density at radius 3 is 2.78 bits per heavy atom. The molecule has 4 heteroatoms. The van der Waals surface area contributed by atoms with Crippen molar-refractivity contribution in [3.63, 3.8) is 0 Å². The zero-order valence-corrected chi connectivity index (χ0v) is 11.1. The highest BCUT2D eigenvalue weighted by Crippen LogP contribution is 2.27. The SMILES string of the molecule is C=CCOc1ccc(CNCCOC)cc1OC. The first kappa shape index (κ1) is 14.5. The van der Waals surface area contributed by atoms with Crippen LogP contribution in [0.1, 0.15) is 5.56 Å². The summed E-state index contributed by atoms with van der Waals surface area (Å²) in [6.07, 6.45) is 1.71. The van der Waals surface area contributed by atoms with Crippen LogP contribution < -0.4 is 14.8 Å². The maximum Gasteiger partial charge on any atom is 0.161 e. The predicted octanol–water partition coefficient (Wildman–Crippen LogP) is 2.00. The van der Waals surface area contributed by atoms with Gasteiger partial charge in [0.15, 0.2) is 11.5 Å². The van der Waals surface area contributed by atoms with Gasteiger partial charge < -0.3 is 19.5 Å². The Hall–Kier alpha value is -1.52. The number of methoxy groups -OCH3 is 2. The third-order valence-corrected chi connectivity index (χ3v) is 2.40. The van der Waals surface area contributed by atoms with Crippen molar-refractivity contribution in [3.8, 4) is 11.5 Å². The van der Waals surface area contributed by atoms with Crippen LogP contribution in [0.3, 0.4) is 0 Å². The van der Waals surface area contributed by atoms with Crippen molar-refractivity contribution < 1.29 is 14.2 Å². The summed E-state index contributed by atoms with van der Waals surface area (Å²) >= 11 is 0. The summed E-state index contributed by atoms with van der Waals surface area (Å²) < 4.78 is 15.8. The molecule has 1 aromatic carbocycles. The van der Waals surface area contributed by atoms with Gasteiger partial charge in [0.1, 0.15) is 6.61 Å². The third kappa shape index (κ3) is 4.77. The Bertz CT molecular complexity index is 366. The average Bonchev–Trinajstić information content (AvgIpc) is 2.41. The first-order valence-corrected chi connectivity index (χ1v) is 5.92. The Labute approximate surface area is 109 Å². The summed E-state index contributed by atoms with van der Waals surface area (Å²) in [6, 6.07) is 5.90. The molecule has 0 bridgehead atoms. The molecule has 0 heterocycles. The van der Waals surface area contributed by atoms with E-state index in [-0.39, 0.29) is 0 Å². The van der Waals surface area contributed by atoms with Gasteiger partial charge in [-0.1, -0.05) is 18.7 Å². The van der Waals surface area contributed by atoms with Crippen LogP contribution in [0.4, 0.5) is 0 Å². The predicted molar refractivity (Wildman–Crippen MR) is 72.3 cm³/mol. The van der Waals surface area contributed by atoms with Crippen LogP contribution in [-0.4, -0.2) is 34.0 Å². The summed E-state index contributed by atoms with van der Waals surface area (Å²) in [5, 5.41) is 3.28. The molecule has 0 atom stereocenters. The summed E-state index contributed by atoms with van der Waals surface area (Å²) in [5.74, 6) is 1.47. The quantitative estimate of drug-likeness (QED) is 0.538. The zero-order valence-electron chi connectivity index (χ0n) is 11.1. The van der Waals surface area contributed by atoms with Crippen LogP contribution in [0, 0.1) is 0 Å². The van der Waals surface area contributed by atoms with Crippen molar-refractivity contribution >= 4 is 0 Å². The smallest absolute Gasteiger partial charge is 0.161 e. The van der Waals surface area contributed by atoms with E-state index in [2.05, 4.69) is 11.9 Å². The molecule has 1 rings (SSSR count). The zero-order chi connectivity index (χ0) is 13.2. The average molecular weight is 251 g/mol. The molecule has 0 saturated carbocycles. The summed E-state index contributed by atoms with van der Waals surface area (Å²) in [6.45, 7) is 6.41. The van der Waals surface area contributed by atoms with Gasteiger partial charge in [0, 0.05) is 20.2 Å². The number of benzene rings is 1. The Kier molecular flexibility index (Phi) is 6.91. The molecule has 0 saturated heterocycles. The van der Waals surface area contributed by atoms with Gasteiger partial charge >= 0.3 is 0 Å². The molecule has 0 aliphatic heterocycles. The molecule has 0 aliphatic carbocycles. The molecule has 0 amide bonds. The fourth-order valence-electron chi connectivity index (χ4n) is 1.50. The van der Waals surface area contributed by atoms with E-state index >= 15 is 0 Å². The minimum absolute atomic E-state index is 0.474. The van der Waals surface area contributed by atoms with Crippen LogP contribution >= 0.6 is 0 Å². The molecule has 0 spiro atoms. The summed E-state index contributed by atoms with van der Waals surface area (Å²) in [5.41, 5.74) is 1.15. The van der Waals surface area contributed by atoms with Crippen molar-refractivity contribution in [3.05, 3.63) is 36.4 Å². The minimum Gasteiger partial charge on any atom is -0.493 e. The standard InChI is InChI=1S/C14H21NO3/c1-4-8-18-13-6-5-12(10-14(13)17-3)11-15-7-9-16-2/h4-6,10,15H,1,7-9,11H2,2-3H3. The van der Waals surface area contributed by atoms with Gasteiger partial charge in [-0.25, -0.2) is 0 Å². The van der Waals surface area contributed by atoms with Gasteiger partial charge in [-0.15, -0.1) is 0 Å². The number of ether oxygens (including phenoxy) is 3. The highest BCUT2D eigenvalue weighted by molar-refractivity contribution is 5.43. The van der Waals surface area contributed by atoms with E-state index in [4.69, 9.17) is 14.2 Å². The number of nitrogens with one attached hydrogen (secondary N) is 1. The molecular weight excluding hydrogens is 230 g/mol. The lowest BCUT2D eigenvalue weighted by Crippen LogP contribution is -2.18. The van der Waals surface area contributed by atoms with Gasteiger partial charge in [-0.3, -0.25) is 0 Å². The molecule has 4 nitrogen and oxygen atoms in total. The van der Waals surface area contributed by atoms with Gasteiger partial charge in [-0.05, 0) is 17.7 Å². The van der Waals surface area contributed by atoms with Crippen molar-refractivity contribution in [1.82, 2.24) is 5.32 Å². The van der Waals surface area contributed by atoms with E-state index < -0.39 is 0 Å². The molecule has 0 unspecified atom stereocenters. The van der Waals surface area contributed by atoms with Crippen LogP contribution in [-0.2, 0) is 11.3 Å². The van der Waals surface area contributed by atoms with E-state index in [0.29, 0.717) is 13.2 Å². The van der Waals surface area contributed by atoms with Gasteiger partial charge in [0.2, 0.25) is 0 Å². The summed E-state index contributed by atoms with van der Waals surface area (Å²) in [4.78, 5) is 0. The minimum atomic E-state index is 0.474. The van der Waals surface area contributed by atoms with Gasteiger partial charge in [0.05, 0.1) is 13.7 Å². The second kappa shape index (κ2) is 8.55. The first-order valence-electron chi connectivity index (χ1n) is 5.92. The van der Waals surface area contributed by atoms with Gasteiger partial charge in [0.25, 0.3) is 0 Å². The second-order valence-electron chi connectivity index (χ2n) is 3.75. The molecule has 0 aromatic heterocycles. The van der Waals surface area contributed by atoms with E-state index in [1.54, 1.807) is 20.3 Å². The van der Waals surface area contributed by atoms with E-state index in [9.17, 15) is 0 Å². The van der Waals surface area contributed by atoms with Crippen LogP contribution in [0.15, 0.2) is 30.9 Å². The van der Waals surface area contributed by atoms with Crippen molar-refractivity contribution in [2.75, 3.05) is 34.0 Å². The highest BCUT2D eigenvalue weighted by atomic mass is 16.5. The lowest BCUT2D eigenvalue weighted by atomic mass is 10.2. The lowest BCUT2D eigenvalue weighted by Gasteiger charge is -2.11. The fraction of sp³-hybridized carbons (Fsp3) is 0.429. The molecule has 1 aromatic rings. The van der Waals surface area contributed by atoms with Gasteiger partial charge in [-0.2, -0.15) is 0 Å². The maximum atomic E-state index is 5.49. The van der Waals surface area contributed by atoms with Crippen LogP contribution in [0.2, 0.25) is 0 Å². The first-order chi connectivity index (χ1) is 8.81. The largest absolute Gasteiger partial charge is 0.493 e.